The normalized spacial score (nSPS) is 22.0. The van der Waals surface area contributed by atoms with Crippen molar-refractivity contribution in [2.75, 3.05) is 53.1 Å². The van der Waals surface area contributed by atoms with E-state index in [-0.39, 0.29) is 0 Å². The van der Waals surface area contributed by atoms with Gasteiger partial charge in [-0.25, -0.2) is 0 Å². The Kier molecular flexibility index (Phi) is 9.48. The largest absolute Gasteiger partial charge is 0.382 e. The summed E-state index contributed by atoms with van der Waals surface area (Å²) < 4.78 is 10.5. The molecular formula is C14H30N2O2. The highest BCUT2D eigenvalue weighted by atomic mass is 16.5. The van der Waals surface area contributed by atoms with E-state index in [1.165, 1.54) is 38.9 Å². The first kappa shape index (κ1) is 15.9. The van der Waals surface area contributed by atoms with Crippen LogP contribution in [-0.4, -0.2) is 64.1 Å². The third-order valence-corrected chi connectivity index (χ3v) is 3.39. The standard InChI is InChI=1S/C14H30N2O2/c1-3-6-14-13-16(8-4-7-15-14)9-5-10-18-12-11-17-2/h14-15H,3-13H2,1-2H3. The summed E-state index contributed by atoms with van der Waals surface area (Å²) >= 11 is 0. The van der Waals surface area contributed by atoms with Crippen LogP contribution in [0.25, 0.3) is 0 Å². The second-order valence-corrected chi connectivity index (χ2v) is 5.05. The molecule has 1 fully saturated rings. The molecule has 1 atom stereocenters. The fourth-order valence-electron chi connectivity index (χ4n) is 2.46. The first-order chi connectivity index (χ1) is 8.86. The van der Waals surface area contributed by atoms with Crippen LogP contribution in [0.3, 0.4) is 0 Å². The van der Waals surface area contributed by atoms with Crippen molar-refractivity contribution in [3.8, 4) is 0 Å². The third-order valence-electron chi connectivity index (χ3n) is 3.39. The van der Waals surface area contributed by atoms with Gasteiger partial charge in [-0.15, -0.1) is 0 Å². The third kappa shape index (κ3) is 7.31. The highest BCUT2D eigenvalue weighted by molar-refractivity contribution is 4.76. The van der Waals surface area contributed by atoms with E-state index in [1.807, 2.05) is 0 Å². The Balaban J connectivity index is 2.07. The minimum absolute atomic E-state index is 0.687. The lowest BCUT2D eigenvalue weighted by Crippen LogP contribution is -2.38. The van der Waals surface area contributed by atoms with Gasteiger partial charge in [-0.05, 0) is 32.4 Å². The minimum Gasteiger partial charge on any atom is -0.382 e. The summed E-state index contributed by atoms with van der Waals surface area (Å²) in [5.41, 5.74) is 0. The predicted molar refractivity (Wildman–Crippen MR) is 75.1 cm³/mol. The molecule has 0 aromatic carbocycles. The molecule has 0 amide bonds. The second-order valence-electron chi connectivity index (χ2n) is 5.05. The predicted octanol–water partition coefficient (Wildman–Crippen LogP) is 1.50. The summed E-state index contributed by atoms with van der Waals surface area (Å²) in [4.78, 5) is 2.58. The Bertz CT molecular complexity index is 191. The van der Waals surface area contributed by atoms with Crippen molar-refractivity contribution in [3.63, 3.8) is 0 Å². The van der Waals surface area contributed by atoms with Crippen LogP contribution >= 0.6 is 0 Å². The van der Waals surface area contributed by atoms with E-state index in [9.17, 15) is 0 Å². The van der Waals surface area contributed by atoms with Crippen LogP contribution in [0.2, 0.25) is 0 Å². The van der Waals surface area contributed by atoms with Gasteiger partial charge in [0.25, 0.3) is 0 Å². The number of nitrogens with one attached hydrogen (secondary N) is 1. The van der Waals surface area contributed by atoms with E-state index in [2.05, 4.69) is 17.1 Å². The first-order valence-electron chi connectivity index (χ1n) is 7.39. The van der Waals surface area contributed by atoms with Crippen molar-refractivity contribution >= 4 is 0 Å². The summed E-state index contributed by atoms with van der Waals surface area (Å²) in [5.74, 6) is 0. The van der Waals surface area contributed by atoms with Gasteiger partial charge in [0.15, 0.2) is 0 Å². The molecule has 108 valence electrons. The van der Waals surface area contributed by atoms with Crippen molar-refractivity contribution in [2.45, 2.75) is 38.6 Å². The number of methoxy groups -OCH3 is 1. The molecule has 18 heavy (non-hydrogen) atoms. The van der Waals surface area contributed by atoms with E-state index in [0.717, 1.165) is 26.2 Å². The van der Waals surface area contributed by atoms with Crippen molar-refractivity contribution in [3.05, 3.63) is 0 Å². The van der Waals surface area contributed by atoms with Gasteiger partial charge in [-0.2, -0.15) is 0 Å². The van der Waals surface area contributed by atoms with Gasteiger partial charge < -0.3 is 19.7 Å². The highest BCUT2D eigenvalue weighted by Gasteiger charge is 2.16. The molecule has 1 unspecified atom stereocenters. The molecule has 4 heteroatoms. The Morgan fingerprint density at radius 3 is 2.94 bits per heavy atom. The average Bonchev–Trinajstić information content (AvgIpc) is 2.59. The van der Waals surface area contributed by atoms with Crippen LogP contribution in [0.4, 0.5) is 0 Å². The summed E-state index contributed by atoms with van der Waals surface area (Å²) in [6.07, 6.45) is 4.96. The van der Waals surface area contributed by atoms with Crippen molar-refractivity contribution in [1.82, 2.24) is 10.2 Å². The lowest BCUT2D eigenvalue weighted by molar-refractivity contribution is 0.0651. The Hall–Kier alpha value is -0.160. The number of ether oxygens (including phenoxy) is 2. The van der Waals surface area contributed by atoms with Crippen LogP contribution in [-0.2, 0) is 9.47 Å². The zero-order valence-corrected chi connectivity index (χ0v) is 12.1. The van der Waals surface area contributed by atoms with Crippen molar-refractivity contribution in [1.29, 1.82) is 0 Å². The van der Waals surface area contributed by atoms with E-state index in [1.54, 1.807) is 7.11 Å². The van der Waals surface area contributed by atoms with E-state index >= 15 is 0 Å². The monoisotopic (exact) mass is 258 g/mol. The van der Waals surface area contributed by atoms with Gasteiger partial charge in [0.1, 0.15) is 0 Å². The van der Waals surface area contributed by atoms with Crippen LogP contribution in [0.15, 0.2) is 0 Å². The van der Waals surface area contributed by atoms with Gasteiger partial charge in [0, 0.05) is 32.8 Å². The molecule has 1 aliphatic heterocycles. The molecule has 1 saturated heterocycles. The molecule has 1 N–H and O–H groups in total. The smallest absolute Gasteiger partial charge is 0.0700 e. The average molecular weight is 258 g/mol. The Labute approximate surface area is 112 Å². The Morgan fingerprint density at radius 2 is 2.17 bits per heavy atom. The van der Waals surface area contributed by atoms with Gasteiger partial charge >= 0.3 is 0 Å². The van der Waals surface area contributed by atoms with Gasteiger partial charge in [-0.3, -0.25) is 0 Å². The topological polar surface area (TPSA) is 33.7 Å². The van der Waals surface area contributed by atoms with E-state index in [4.69, 9.17) is 9.47 Å². The van der Waals surface area contributed by atoms with Crippen molar-refractivity contribution < 1.29 is 9.47 Å². The summed E-state index contributed by atoms with van der Waals surface area (Å²) in [5, 5.41) is 3.64. The molecule has 1 aliphatic rings. The molecule has 4 nitrogen and oxygen atoms in total. The SMILES string of the molecule is CCCC1CN(CCCOCCOC)CCCN1. The number of hydrogen-bond acceptors (Lipinski definition) is 4. The zero-order chi connectivity index (χ0) is 13.1. The van der Waals surface area contributed by atoms with Gasteiger partial charge in [0.2, 0.25) is 0 Å². The molecule has 0 aliphatic carbocycles. The summed E-state index contributed by atoms with van der Waals surface area (Å²) in [6, 6.07) is 0.687. The maximum atomic E-state index is 5.50. The summed E-state index contributed by atoms with van der Waals surface area (Å²) in [7, 11) is 1.71. The maximum absolute atomic E-state index is 5.50. The second kappa shape index (κ2) is 10.7. The fraction of sp³-hybridized carbons (Fsp3) is 1.00. The number of nitrogens with zero attached hydrogens (tertiary/aromatic N) is 1. The highest BCUT2D eigenvalue weighted by Crippen LogP contribution is 2.06. The molecule has 0 saturated carbocycles. The molecule has 0 aromatic rings. The van der Waals surface area contributed by atoms with Crippen LogP contribution < -0.4 is 5.32 Å². The minimum atomic E-state index is 0.687. The lowest BCUT2D eigenvalue weighted by Gasteiger charge is -2.24. The van der Waals surface area contributed by atoms with Crippen LogP contribution in [0, 0.1) is 0 Å². The molecule has 0 aromatic heterocycles. The molecule has 0 bridgehead atoms. The summed E-state index contributed by atoms with van der Waals surface area (Å²) in [6.45, 7) is 9.30. The first-order valence-corrected chi connectivity index (χ1v) is 7.39. The fourth-order valence-corrected chi connectivity index (χ4v) is 2.46. The lowest BCUT2D eigenvalue weighted by atomic mass is 10.1. The molecule has 1 rings (SSSR count). The molecule has 0 radical (unpaired) electrons. The molecular weight excluding hydrogens is 228 g/mol. The van der Waals surface area contributed by atoms with Gasteiger partial charge in [0.05, 0.1) is 13.2 Å². The maximum Gasteiger partial charge on any atom is 0.0700 e. The number of hydrogen-bond donors (Lipinski definition) is 1. The number of rotatable bonds is 9. The van der Waals surface area contributed by atoms with Crippen LogP contribution in [0.1, 0.15) is 32.6 Å². The quantitative estimate of drug-likeness (QED) is 0.636. The van der Waals surface area contributed by atoms with Crippen molar-refractivity contribution in [2.24, 2.45) is 0 Å². The zero-order valence-electron chi connectivity index (χ0n) is 12.1. The molecule has 1 heterocycles. The van der Waals surface area contributed by atoms with E-state index < -0.39 is 0 Å². The van der Waals surface area contributed by atoms with Crippen LogP contribution in [0.5, 0.6) is 0 Å². The Morgan fingerprint density at radius 1 is 1.28 bits per heavy atom. The van der Waals surface area contributed by atoms with E-state index in [0.29, 0.717) is 12.6 Å². The molecule has 0 spiro atoms. The van der Waals surface area contributed by atoms with Gasteiger partial charge in [-0.1, -0.05) is 13.3 Å².